The van der Waals surface area contributed by atoms with Crippen LogP contribution in [0, 0.1) is 0 Å². The van der Waals surface area contributed by atoms with Gasteiger partial charge in [-0.15, -0.1) is 11.3 Å². The van der Waals surface area contributed by atoms with Crippen LogP contribution in [0.15, 0.2) is 41.9 Å². The Hall–Kier alpha value is -2.10. The number of fused-ring (bicyclic) bond motifs is 2. The minimum atomic E-state index is -0.0487. The molecule has 9 heteroatoms. The SMILES string of the molecule is O=C(c1ccc2ncsc2c1)N(CCCN1CCOCC1)c1nc2c(Cl)cccc2s1. The van der Waals surface area contributed by atoms with Gasteiger partial charge in [0.1, 0.15) is 5.52 Å². The predicted octanol–water partition coefficient (Wildman–Crippen LogP) is 4.93. The van der Waals surface area contributed by atoms with Gasteiger partial charge in [0.05, 0.1) is 38.7 Å². The molecule has 0 aliphatic carbocycles. The van der Waals surface area contributed by atoms with Gasteiger partial charge in [0, 0.05) is 31.7 Å². The number of hydrogen-bond acceptors (Lipinski definition) is 7. The summed E-state index contributed by atoms with van der Waals surface area (Å²) in [5.74, 6) is -0.0487. The number of aromatic nitrogens is 2. The van der Waals surface area contributed by atoms with Crippen molar-refractivity contribution < 1.29 is 9.53 Å². The third-order valence-corrected chi connectivity index (χ3v) is 7.51. The maximum Gasteiger partial charge on any atom is 0.260 e. The summed E-state index contributed by atoms with van der Waals surface area (Å²) in [5, 5.41) is 1.28. The van der Waals surface area contributed by atoms with Crippen molar-refractivity contribution >= 4 is 65.7 Å². The number of halogens is 1. The Kier molecular flexibility index (Phi) is 6.15. The highest BCUT2D eigenvalue weighted by atomic mass is 35.5. The summed E-state index contributed by atoms with van der Waals surface area (Å²) < 4.78 is 7.42. The molecule has 4 aromatic rings. The van der Waals surface area contributed by atoms with Gasteiger partial charge in [0.15, 0.2) is 5.13 Å². The molecule has 2 aromatic heterocycles. The minimum Gasteiger partial charge on any atom is -0.379 e. The number of carbonyl (C=O) groups excluding carboxylic acids is 1. The molecule has 1 saturated heterocycles. The second-order valence-electron chi connectivity index (χ2n) is 7.38. The molecule has 0 spiro atoms. The summed E-state index contributed by atoms with van der Waals surface area (Å²) in [7, 11) is 0. The van der Waals surface area contributed by atoms with Crippen molar-refractivity contribution in [1.29, 1.82) is 0 Å². The van der Waals surface area contributed by atoms with E-state index in [0.717, 1.165) is 59.7 Å². The van der Waals surface area contributed by atoms with Gasteiger partial charge >= 0.3 is 0 Å². The van der Waals surface area contributed by atoms with Crippen LogP contribution in [0.1, 0.15) is 16.8 Å². The third-order valence-electron chi connectivity index (χ3n) is 5.37. The Morgan fingerprint density at radius 2 is 2.06 bits per heavy atom. The summed E-state index contributed by atoms with van der Waals surface area (Å²) in [6.07, 6.45) is 0.859. The number of benzene rings is 2. The average Bonchev–Trinajstić information content (AvgIpc) is 3.44. The van der Waals surface area contributed by atoms with Crippen LogP contribution in [0.3, 0.4) is 0 Å². The Morgan fingerprint density at radius 1 is 1.19 bits per heavy atom. The van der Waals surface area contributed by atoms with Crippen LogP contribution in [0.5, 0.6) is 0 Å². The van der Waals surface area contributed by atoms with E-state index in [2.05, 4.69) is 9.88 Å². The van der Waals surface area contributed by atoms with Gasteiger partial charge in [-0.2, -0.15) is 0 Å². The quantitative estimate of drug-likeness (QED) is 0.398. The third kappa shape index (κ3) is 4.44. The maximum absolute atomic E-state index is 13.6. The molecule has 6 nitrogen and oxygen atoms in total. The fraction of sp³-hybridized carbons (Fsp3) is 0.318. The van der Waals surface area contributed by atoms with Crippen molar-refractivity contribution in [1.82, 2.24) is 14.9 Å². The first kappa shape index (κ1) is 20.8. The summed E-state index contributed by atoms with van der Waals surface area (Å²) in [5.41, 5.74) is 4.10. The number of thiazole rings is 2. The van der Waals surface area contributed by atoms with Crippen LogP contribution in [0.25, 0.3) is 20.4 Å². The summed E-state index contributed by atoms with van der Waals surface area (Å²) in [6, 6.07) is 11.4. The number of rotatable bonds is 6. The molecular formula is C22H21ClN4O2S2. The van der Waals surface area contributed by atoms with Crippen LogP contribution in [0.4, 0.5) is 5.13 Å². The molecule has 0 N–H and O–H groups in total. The Morgan fingerprint density at radius 3 is 2.90 bits per heavy atom. The van der Waals surface area contributed by atoms with E-state index < -0.39 is 0 Å². The number of carbonyl (C=O) groups is 1. The second-order valence-corrected chi connectivity index (χ2v) is 9.68. The first-order valence-electron chi connectivity index (χ1n) is 10.2. The molecule has 2 aromatic carbocycles. The van der Waals surface area contributed by atoms with Gasteiger partial charge in [0.25, 0.3) is 5.91 Å². The molecule has 1 aliphatic heterocycles. The number of amides is 1. The summed E-state index contributed by atoms with van der Waals surface area (Å²) in [4.78, 5) is 26.8. The second kappa shape index (κ2) is 9.18. The highest BCUT2D eigenvalue weighted by Crippen LogP contribution is 2.34. The highest BCUT2D eigenvalue weighted by molar-refractivity contribution is 7.22. The van der Waals surface area contributed by atoms with Gasteiger partial charge in [-0.05, 0) is 36.8 Å². The largest absolute Gasteiger partial charge is 0.379 e. The van der Waals surface area contributed by atoms with Crippen molar-refractivity contribution in [3.8, 4) is 0 Å². The molecule has 1 amide bonds. The average molecular weight is 473 g/mol. The van der Waals surface area contributed by atoms with Gasteiger partial charge in [-0.1, -0.05) is 29.0 Å². The van der Waals surface area contributed by atoms with E-state index in [9.17, 15) is 4.79 Å². The van der Waals surface area contributed by atoms with E-state index in [1.54, 1.807) is 10.4 Å². The summed E-state index contributed by atoms with van der Waals surface area (Å²) >= 11 is 9.39. The molecule has 1 fully saturated rings. The molecule has 0 unspecified atom stereocenters. The van der Waals surface area contributed by atoms with E-state index in [1.165, 1.54) is 22.7 Å². The zero-order chi connectivity index (χ0) is 21.2. The standard InChI is InChI=1S/C22H21ClN4O2S2/c23-16-3-1-4-18-20(16)25-22(31-18)27(8-2-7-26-9-11-29-12-10-26)21(28)15-5-6-17-19(13-15)30-14-24-17/h1,3-6,13-14H,2,7-12H2. The lowest BCUT2D eigenvalue weighted by Crippen LogP contribution is -2.39. The maximum atomic E-state index is 13.6. The van der Waals surface area contributed by atoms with E-state index in [1.807, 2.05) is 36.4 Å². The van der Waals surface area contributed by atoms with Gasteiger partial charge in [0.2, 0.25) is 0 Å². The zero-order valence-electron chi connectivity index (χ0n) is 16.8. The van der Waals surface area contributed by atoms with Crippen molar-refractivity contribution in [2.24, 2.45) is 0 Å². The number of hydrogen-bond donors (Lipinski definition) is 0. The Labute approximate surface area is 193 Å². The fourth-order valence-electron chi connectivity index (χ4n) is 3.72. The minimum absolute atomic E-state index is 0.0487. The van der Waals surface area contributed by atoms with E-state index in [-0.39, 0.29) is 5.91 Å². The van der Waals surface area contributed by atoms with Crippen molar-refractivity contribution in [2.45, 2.75) is 6.42 Å². The summed E-state index contributed by atoms with van der Waals surface area (Å²) in [6.45, 7) is 4.93. The number of anilines is 1. The molecule has 0 bridgehead atoms. The normalized spacial score (nSPS) is 15.0. The lowest BCUT2D eigenvalue weighted by atomic mass is 10.2. The topological polar surface area (TPSA) is 58.6 Å². The number of para-hydroxylation sites is 1. The van der Waals surface area contributed by atoms with Gasteiger partial charge in [-0.3, -0.25) is 14.6 Å². The first-order valence-corrected chi connectivity index (χ1v) is 12.3. The number of morpholine rings is 1. The smallest absolute Gasteiger partial charge is 0.260 e. The molecule has 31 heavy (non-hydrogen) atoms. The monoisotopic (exact) mass is 472 g/mol. The highest BCUT2D eigenvalue weighted by Gasteiger charge is 2.23. The predicted molar refractivity (Wildman–Crippen MR) is 128 cm³/mol. The first-order chi connectivity index (χ1) is 15.2. The molecule has 0 saturated carbocycles. The van der Waals surface area contributed by atoms with Crippen molar-refractivity contribution in [2.75, 3.05) is 44.3 Å². The lowest BCUT2D eigenvalue weighted by molar-refractivity contribution is 0.0376. The molecule has 3 heterocycles. The molecule has 0 radical (unpaired) electrons. The van der Waals surface area contributed by atoms with Gasteiger partial charge < -0.3 is 4.74 Å². The van der Waals surface area contributed by atoms with Gasteiger partial charge in [-0.25, -0.2) is 9.97 Å². The lowest BCUT2D eigenvalue weighted by Gasteiger charge is -2.27. The zero-order valence-corrected chi connectivity index (χ0v) is 19.2. The fourth-order valence-corrected chi connectivity index (χ4v) is 5.73. The van der Waals surface area contributed by atoms with Crippen LogP contribution < -0.4 is 4.90 Å². The van der Waals surface area contributed by atoms with E-state index >= 15 is 0 Å². The van der Waals surface area contributed by atoms with Crippen molar-refractivity contribution in [3.63, 3.8) is 0 Å². The molecule has 5 rings (SSSR count). The van der Waals surface area contributed by atoms with Crippen molar-refractivity contribution in [3.05, 3.63) is 52.5 Å². The van der Waals surface area contributed by atoms with E-state index in [0.29, 0.717) is 22.3 Å². The van der Waals surface area contributed by atoms with Crippen LogP contribution >= 0.6 is 34.3 Å². The molecule has 0 atom stereocenters. The van der Waals surface area contributed by atoms with Crippen LogP contribution in [0.2, 0.25) is 5.02 Å². The van der Waals surface area contributed by atoms with Crippen LogP contribution in [-0.2, 0) is 4.74 Å². The molecular weight excluding hydrogens is 452 g/mol. The molecule has 160 valence electrons. The number of ether oxygens (including phenoxy) is 1. The number of nitrogens with zero attached hydrogens (tertiary/aromatic N) is 4. The Balaban J connectivity index is 1.43. The molecule has 1 aliphatic rings. The van der Waals surface area contributed by atoms with Crippen LogP contribution in [-0.4, -0.2) is 60.2 Å². The Bertz CT molecular complexity index is 1220. The van der Waals surface area contributed by atoms with E-state index in [4.69, 9.17) is 21.3 Å².